The van der Waals surface area contributed by atoms with Crippen molar-refractivity contribution in [2.24, 2.45) is 5.92 Å². The third-order valence-electron chi connectivity index (χ3n) is 3.65. The zero-order valence-electron chi connectivity index (χ0n) is 11.6. The number of quaternary nitrogens is 1. The number of hydrogen-bond acceptors (Lipinski definition) is 2. The van der Waals surface area contributed by atoms with Crippen molar-refractivity contribution in [2.75, 3.05) is 25.0 Å². The number of carbonyl (C=O) groups excluding carboxylic acids is 1. The molecule has 0 spiro atoms. The number of nitrogens with one attached hydrogen (secondary N) is 2. The lowest BCUT2D eigenvalue weighted by Gasteiger charge is -2.27. The molecule has 0 aliphatic carbocycles. The monoisotopic (exact) mass is 292 g/mol. The van der Waals surface area contributed by atoms with Gasteiger partial charge in [0.15, 0.2) is 6.54 Å². The highest BCUT2D eigenvalue weighted by atomic mass is 35.5. The Kier molecular flexibility index (Phi) is 4.99. The fourth-order valence-electron chi connectivity index (χ4n) is 2.67. The van der Waals surface area contributed by atoms with Gasteiger partial charge in [-0.2, -0.15) is 5.26 Å². The largest absolute Gasteiger partial charge is 0.327 e. The molecule has 0 aromatic heterocycles. The van der Waals surface area contributed by atoms with Crippen molar-refractivity contribution in [2.45, 2.75) is 19.8 Å². The van der Waals surface area contributed by atoms with Crippen LogP contribution in [0.25, 0.3) is 0 Å². The van der Waals surface area contributed by atoms with E-state index in [2.05, 4.69) is 12.2 Å². The zero-order valence-corrected chi connectivity index (χ0v) is 12.3. The Hall–Kier alpha value is -1.57. The lowest BCUT2D eigenvalue weighted by atomic mass is 10.0. The van der Waals surface area contributed by atoms with E-state index in [4.69, 9.17) is 16.9 Å². The molecule has 1 fully saturated rings. The van der Waals surface area contributed by atoms with Crippen LogP contribution in [-0.4, -0.2) is 25.5 Å². The zero-order chi connectivity index (χ0) is 14.5. The van der Waals surface area contributed by atoms with Gasteiger partial charge in [-0.1, -0.05) is 18.5 Å². The molecule has 5 heteroatoms. The van der Waals surface area contributed by atoms with Gasteiger partial charge in [0.1, 0.15) is 6.07 Å². The molecule has 0 bridgehead atoms. The maximum absolute atomic E-state index is 12.0. The summed E-state index contributed by atoms with van der Waals surface area (Å²) in [6.07, 6.45) is 2.45. The Morgan fingerprint density at radius 2 is 2.40 bits per heavy atom. The quantitative estimate of drug-likeness (QED) is 0.886. The van der Waals surface area contributed by atoms with E-state index in [0.717, 1.165) is 13.1 Å². The fourth-order valence-corrected chi connectivity index (χ4v) is 2.90. The van der Waals surface area contributed by atoms with E-state index in [9.17, 15) is 4.79 Å². The molecule has 1 heterocycles. The molecule has 1 amide bonds. The number of anilines is 1. The van der Waals surface area contributed by atoms with Crippen LogP contribution in [0.4, 0.5) is 5.69 Å². The van der Waals surface area contributed by atoms with Gasteiger partial charge in [-0.15, -0.1) is 0 Å². The number of rotatable bonds is 3. The molecule has 0 saturated carbocycles. The van der Waals surface area contributed by atoms with Crippen molar-refractivity contribution in [3.63, 3.8) is 0 Å². The molecular formula is C15H19ClN3O+. The second kappa shape index (κ2) is 6.74. The Morgan fingerprint density at radius 3 is 3.05 bits per heavy atom. The van der Waals surface area contributed by atoms with Crippen LogP contribution in [0.2, 0.25) is 5.02 Å². The van der Waals surface area contributed by atoms with E-state index in [1.165, 1.54) is 17.7 Å². The highest BCUT2D eigenvalue weighted by Crippen LogP contribution is 2.19. The highest BCUT2D eigenvalue weighted by molar-refractivity contribution is 6.32. The van der Waals surface area contributed by atoms with E-state index in [0.29, 0.717) is 28.7 Å². The minimum absolute atomic E-state index is 0.00475. The van der Waals surface area contributed by atoms with Crippen molar-refractivity contribution in [3.05, 3.63) is 28.8 Å². The maximum atomic E-state index is 12.0. The Morgan fingerprint density at radius 1 is 1.60 bits per heavy atom. The van der Waals surface area contributed by atoms with E-state index < -0.39 is 0 Å². The molecule has 0 radical (unpaired) electrons. The van der Waals surface area contributed by atoms with Gasteiger partial charge in [-0.25, -0.2) is 0 Å². The molecule has 106 valence electrons. The average molecular weight is 293 g/mol. The van der Waals surface area contributed by atoms with Crippen molar-refractivity contribution in [3.8, 4) is 6.07 Å². The summed E-state index contributed by atoms with van der Waals surface area (Å²) in [6.45, 7) is 4.84. The van der Waals surface area contributed by atoms with Gasteiger partial charge < -0.3 is 10.2 Å². The molecule has 2 rings (SSSR count). The number of carbonyl (C=O) groups is 1. The standard InChI is InChI=1S/C15H18ClN3O/c1-11-3-2-6-19(9-11)10-15(20)18-13-5-4-12(8-17)14(16)7-13/h4-5,7,11H,2-3,6,9-10H2,1H3,(H,18,20)/p+1/t11-/m1/s1. The van der Waals surface area contributed by atoms with Gasteiger partial charge >= 0.3 is 0 Å². The minimum atomic E-state index is -0.00475. The van der Waals surface area contributed by atoms with E-state index in [1.54, 1.807) is 18.2 Å². The first-order valence-corrected chi connectivity index (χ1v) is 7.29. The number of halogens is 1. The summed E-state index contributed by atoms with van der Waals surface area (Å²) >= 11 is 5.94. The Bertz CT molecular complexity index is 538. The fraction of sp³-hybridized carbons (Fsp3) is 0.467. The van der Waals surface area contributed by atoms with Crippen molar-refractivity contribution in [1.29, 1.82) is 5.26 Å². The number of hydrogen-bond donors (Lipinski definition) is 2. The Labute approximate surface area is 124 Å². The van der Waals surface area contributed by atoms with Crippen LogP contribution >= 0.6 is 11.6 Å². The van der Waals surface area contributed by atoms with E-state index >= 15 is 0 Å². The van der Waals surface area contributed by atoms with Crippen LogP contribution in [0.15, 0.2) is 18.2 Å². The number of likely N-dealkylation sites (tertiary alicyclic amines) is 1. The topological polar surface area (TPSA) is 57.3 Å². The smallest absolute Gasteiger partial charge is 0.279 e. The first-order valence-electron chi connectivity index (χ1n) is 6.91. The molecule has 2 N–H and O–H groups in total. The Balaban J connectivity index is 1.91. The number of nitriles is 1. The molecule has 1 aromatic rings. The molecule has 20 heavy (non-hydrogen) atoms. The minimum Gasteiger partial charge on any atom is -0.327 e. The van der Waals surface area contributed by atoms with Crippen molar-refractivity contribution < 1.29 is 9.69 Å². The molecule has 1 saturated heterocycles. The average Bonchev–Trinajstić information content (AvgIpc) is 2.38. The second-order valence-electron chi connectivity index (χ2n) is 5.48. The summed E-state index contributed by atoms with van der Waals surface area (Å²) in [6, 6.07) is 6.94. The first kappa shape index (κ1) is 14.8. The lowest BCUT2D eigenvalue weighted by molar-refractivity contribution is -0.900. The summed E-state index contributed by atoms with van der Waals surface area (Å²) in [5.74, 6) is 0.686. The predicted molar refractivity (Wildman–Crippen MR) is 78.8 cm³/mol. The van der Waals surface area contributed by atoms with Crippen molar-refractivity contribution >= 4 is 23.2 Å². The van der Waals surface area contributed by atoms with Crippen LogP contribution in [0.3, 0.4) is 0 Å². The number of piperidine rings is 1. The molecule has 4 nitrogen and oxygen atoms in total. The van der Waals surface area contributed by atoms with Gasteiger partial charge in [-0.05, 0) is 31.0 Å². The first-order chi connectivity index (χ1) is 9.58. The third kappa shape index (κ3) is 3.96. The molecule has 1 aromatic carbocycles. The molecule has 1 aliphatic heterocycles. The number of amides is 1. The highest BCUT2D eigenvalue weighted by Gasteiger charge is 2.21. The van der Waals surface area contributed by atoms with Crippen LogP contribution in [0, 0.1) is 17.2 Å². The van der Waals surface area contributed by atoms with E-state index in [-0.39, 0.29) is 5.91 Å². The van der Waals surface area contributed by atoms with Crippen LogP contribution in [-0.2, 0) is 4.79 Å². The van der Waals surface area contributed by atoms with Crippen LogP contribution in [0.5, 0.6) is 0 Å². The molecule has 2 atom stereocenters. The molecular weight excluding hydrogens is 274 g/mol. The van der Waals surface area contributed by atoms with E-state index in [1.807, 2.05) is 6.07 Å². The van der Waals surface area contributed by atoms with Gasteiger partial charge in [0.2, 0.25) is 0 Å². The molecule has 1 aliphatic rings. The van der Waals surface area contributed by atoms with Gasteiger partial charge in [0.25, 0.3) is 5.91 Å². The van der Waals surface area contributed by atoms with Gasteiger partial charge in [0, 0.05) is 11.6 Å². The summed E-state index contributed by atoms with van der Waals surface area (Å²) in [7, 11) is 0. The van der Waals surface area contributed by atoms with Crippen LogP contribution in [0.1, 0.15) is 25.3 Å². The molecule has 1 unspecified atom stereocenters. The van der Waals surface area contributed by atoms with Gasteiger partial charge in [-0.3, -0.25) is 4.79 Å². The SMILES string of the molecule is C[C@@H]1CCC[NH+](CC(=O)Nc2ccc(C#N)c(Cl)c2)C1. The number of benzene rings is 1. The maximum Gasteiger partial charge on any atom is 0.279 e. The lowest BCUT2D eigenvalue weighted by Crippen LogP contribution is -3.14. The summed E-state index contributed by atoms with van der Waals surface area (Å²) < 4.78 is 0. The summed E-state index contributed by atoms with van der Waals surface area (Å²) in [5.41, 5.74) is 1.06. The van der Waals surface area contributed by atoms with Crippen molar-refractivity contribution in [1.82, 2.24) is 0 Å². The third-order valence-corrected chi connectivity index (χ3v) is 3.96. The van der Waals surface area contributed by atoms with Gasteiger partial charge in [0.05, 0.1) is 23.7 Å². The predicted octanol–water partition coefficient (Wildman–Crippen LogP) is 1.46. The second-order valence-corrected chi connectivity index (χ2v) is 5.89. The van der Waals surface area contributed by atoms with Crippen LogP contribution < -0.4 is 10.2 Å². The summed E-state index contributed by atoms with van der Waals surface area (Å²) in [5, 5.41) is 12.0. The number of nitrogens with zero attached hydrogens (tertiary/aromatic N) is 1. The summed E-state index contributed by atoms with van der Waals surface area (Å²) in [4.78, 5) is 13.3. The normalized spacial score (nSPS) is 22.1.